The maximum Gasteiger partial charge on any atom is 0.253 e. The molecule has 0 saturated carbocycles. The third-order valence-corrected chi connectivity index (χ3v) is 8.33. The summed E-state index contributed by atoms with van der Waals surface area (Å²) in [6, 6.07) is 13.5. The molecule has 5 rings (SSSR count). The largest absolute Gasteiger partial charge is 0.389 e. The first-order chi connectivity index (χ1) is 17.2. The van der Waals surface area contributed by atoms with Gasteiger partial charge in [0.2, 0.25) is 0 Å². The van der Waals surface area contributed by atoms with Crippen molar-refractivity contribution >= 4 is 26.8 Å². The van der Waals surface area contributed by atoms with Crippen molar-refractivity contribution < 1.29 is 18.3 Å². The summed E-state index contributed by atoms with van der Waals surface area (Å²) in [4.78, 5) is 23.3. The van der Waals surface area contributed by atoms with Gasteiger partial charge in [0.05, 0.1) is 27.5 Å². The zero-order valence-corrected chi connectivity index (χ0v) is 20.7. The minimum atomic E-state index is -3.66. The first kappa shape index (κ1) is 24.1. The van der Waals surface area contributed by atoms with Crippen LogP contribution in [0.1, 0.15) is 34.5 Å². The topological polar surface area (TPSA) is 118 Å². The van der Waals surface area contributed by atoms with Gasteiger partial charge in [-0.1, -0.05) is 18.2 Å². The molecule has 1 aliphatic rings. The van der Waals surface area contributed by atoms with Gasteiger partial charge in [-0.05, 0) is 48.7 Å². The molecule has 1 amide bonds. The maximum atomic E-state index is 13.1. The van der Waals surface area contributed by atoms with Gasteiger partial charge in [-0.25, -0.2) is 8.42 Å². The van der Waals surface area contributed by atoms with E-state index in [1.165, 1.54) is 18.5 Å². The smallest absolute Gasteiger partial charge is 0.253 e. The molecule has 0 radical (unpaired) electrons. The number of hydrogen-bond donors (Lipinski definition) is 1. The molecule has 1 aliphatic heterocycles. The number of para-hydroxylation sites is 1. The van der Waals surface area contributed by atoms with Crippen molar-refractivity contribution in [2.24, 2.45) is 7.05 Å². The lowest BCUT2D eigenvalue weighted by Gasteiger charge is -2.38. The SMILES string of the molecule is Cn1ccc(CC2(O)CCN(C(=O)c3ccc(CS(=O)(=O)c4cccc5nccnc45)cc3)CC2)n1. The van der Waals surface area contributed by atoms with Crippen LogP contribution in [0.4, 0.5) is 0 Å². The number of rotatable bonds is 6. The van der Waals surface area contributed by atoms with Crippen molar-refractivity contribution in [3.8, 4) is 0 Å². The molecule has 10 heteroatoms. The van der Waals surface area contributed by atoms with Crippen molar-refractivity contribution in [3.05, 3.63) is 83.9 Å². The number of sulfone groups is 1. The van der Waals surface area contributed by atoms with Crippen LogP contribution in [0.3, 0.4) is 0 Å². The van der Waals surface area contributed by atoms with E-state index in [0.29, 0.717) is 54.5 Å². The summed E-state index contributed by atoms with van der Waals surface area (Å²) in [6.07, 6.45) is 6.25. The van der Waals surface area contributed by atoms with Gasteiger partial charge in [0.1, 0.15) is 5.52 Å². The molecule has 0 spiro atoms. The predicted octanol–water partition coefficient (Wildman–Crippen LogP) is 2.55. The highest BCUT2D eigenvalue weighted by atomic mass is 32.2. The van der Waals surface area contributed by atoms with Crippen LogP contribution in [0.15, 0.2) is 72.0 Å². The summed E-state index contributed by atoms with van der Waals surface area (Å²) >= 11 is 0. The van der Waals surface area contributed by atoms with E-state index in [1.54, 1.807) is 46.0 Å². The van der Waals surface area contributed by atoms with Crippen molar-refractivity contribution in [1.29, 1.82) is 0 Å². The molecule has 1 fully saturated rings. The number of fused-ring (bicyclic) bond motifs is 1. The molecular formula is C26H27N5O4S. The molecule has 1 N–H and O–H groups in total. The van der Waals surface area contributed by atoms with E-state index >= 15 is 0 Å². The van der Waals surface area contributed by atoms with Gasteiger partial charge in [0.25, 0.3) is 5.91 Å². The fourth-order valence-corrected chi connectivity index (χ4v) is 6.16. The molecule has 36 heavy (non-hydrogen) atoms. The number of aryl methyl sites for hydroxylation is 1. The van der Waals surface area contributed by atoms with Gasteiger partial charge in [-0.15, -0.1) is 0 Å². The summed E-state index contributed by atoms with van der Waals surface area (Å²) in [5, 5.41) is 15.3. The lowest BCUT2D eigenvalue weighted by atomic mass is 9.87. The normalized spacial score (nSPS) is 15.8. The van der Waals surface area contributed by atoms with E-state index in [1.807, 2.05) is 19.3 Å². The molecule has 2 aromatic carbocycles. The molecule has 186 valence electrons. The van der Waals surface area contributed by atoms with Gasteiger partial charge in [0.15, 0.2) is 9.84 Å². The zero-order chi connectivity index (χ0) is 25.3. The Morgan fingerprint density at radius 1 is 1.03 bits per heavy atom. The van der Waals surface area contributed by atoms with Crippen molar-refractivity contribution in [1.82, 2.24) is 24.6 Å². The van der Waals surface area contributed by atoms with Crippen LogP contribution in [0.25, 0.3) is 11.0 Å². The summed E-state index contributed by atoms with van der Waals surface area (Å²) in [7, 11) is -1.82. The second kappa shape index (κ2) is 9.44. The molecule has 9 nitrogen and oxygen atoms in total. The van der Waals surface area contributed by atoms with Crippen LogP contribution in [0, 0.1) is 0 Å². The van der Waals surface area contributed by atoms with Crippen molar-refractivity contribution in [2.75, 3.05) is 13.1 Å². The Balaban J connectivity index is 1.24. The average molecular weight is 506 g/mol. The fourth-order valence-electron chi connectivity index (χ4n) is 4.64. The molecule has 0 aliphatic carbocycles. The van der Waals surface area contributed by atoms with E-state index < -0.39 is 15.4 Å². The molecule has 3 heterocycles. The van der Waals surface area contributed by atoms with E-state index in [0.717, 1.165) is 5.69 Å². The fraction of sp³-hybridized carbons (Fsp3) is 0.308. The quantitative estimate of drug-likeness (QED) is 0.428. The van der Waals surface area contributed by atoms with Gasteiger partial charge < -0.3 is 10.0 Å². The molecule has 2 aromatic heterocycles. The van der Waals surface area contributed by atoms with Crippen molar-refractivity contribution in [3.63, 3.8) is 0 Å². The average Bonchev–Trinajstić information content (AvgIpc) is 3.27. The number of piperidine rings is 1. The predicted molar refractivity (Wildman–Crippen MR) is 134 cm³/mol. The van der Waals surface area contributed by atoms with E-state index in [-0.39, 0.29) is 16.6 Å². The number of likely N-dealkylation sites (tertiary alicyclic amines) is 1. The highest BCUT2D eigenvalue weighted by Crippen LogP contribution is 2.27. The van der Waals surface area contributed by atoms with Crippen LogP contribution in [-0.4, -0.2) is 62.8 Å². The molecular weight excluding hydrogens is 478 g/mol. The first-order valence-corrected chi connectivity index (χ1v) is 13.4. The van der Waals surface area contributed by atoms with E-state index in [4.69, 9.17) is 0 Å². The minimum Gasteiger partial charge on any atom is -0.389 e. The van der Waals surface area contributed by atoms with E-state index in [9.17, 15) is 18.3 Å². The van der Waals surface area contributed by atoms with Crippen LogP contribution in [0.5, 0.6) is 0 Å². The highest BCUT2D eigenvalue weighted by molar-refractivity contribution is 7.90. The first-order valence-electron chi connectivity index (χ1n) is 11.7. The van der Waals surface area contributed by atoms with E-state index in [2.05, 4.69) is 15.1 Å². The van der Waals surface area contributed by atoms with Crippen molar-refractivity contribution in [2.45, 2.75) is 35.5 Å². The van der Waals surface area contributed by atoms with Gasteiger partial charge in [-0.3, -0.25) is 19.4 Å². The van der Waals surface area contributed by atoms with Crippen LogP contribution >= 0.6 is 0 Å². The highest BCUT2D eigenvalue weighted by Gasteiger charge is 2.35. The van der Waals surface area contributed by atoms with Crippen LogP contribution in [0.2, 0.25) is 0 Å². The lowest BCUT2D eigenvalue weighted by Crippen LogP contribution is -2.47. The Kier molecular flexibility index (Phi) is 6.31. The second-order valence-corrected chi connectivity index (χ2v) is 11.3. The number of carbonyl (C=O) groups is 1. The third-order valence-electron chi connectivity index (χ3n) is 6.61. The number of carbonyl (C=O) groups excluding carboxylic acids is 1. The Bertz CT molecular complexity index is 1500. The molecule has 1 saturated heterocycles. The second-order valence-electron chi connectivity index (χ2n) is 9.31. The summed E-state index contributed by atoms with van der Waals surface area (Å²) in [6.45, 7) is 0.890. The number of aromatic nitrogens is 4. The van der Waals surface area contributed by atoms with Crippen LogP contribution in [-0.2, 0) is 29.1 Å². The summed E-state index contributed by atoms with van der Waals surface area (Å²) in [5.41, 5.74) is 1.89. The van der Waals surface area contributed by atoms with Gasteiger partial charge in [-0.2, -0.15) is 5.10 Å². The minimum absolute atomic E-state index is 0.131. The molecule has 0 atom stereocenters. The molecule has 0 bridgehead atoms. The monoisotopic (exact) mass is 505 g/mol. The van der Waals surface area contributed by atoms with Gasteiger partial charge in [0, 0.05) is 50.7 Å². The maximum absolute atomic E-state index is 13.1. The summed E-state index contributed by atoms with van der Waals surface area (Å²) < 4.78 is 27.9. The summed E-state index contributed by atoms with van der Waals surface area (Å²) in [5.74, 6) is -0.338. The Morgan fingerprint density at radius 3 is 2.44 bits per heavy atom. The lowest BCUT2D eigenvalue weighted by molar-refractivity contribution is -0.0169. The van der Waals surface area contributed by atoms with Crippen LogP contribution < -0.4 is 0 Å². The number of benzene rings is 2. The molecule has 4 aromatic rings. The van der Waals surface area contributed by atoms with Gasteiger partial charge >= 0.3 is 0 Å². The number of amides is 1. The Morgan fingerprint density at radius 2 is 1.75 bits per heavy atom. The Labute approximate surface area is 209 Å². The number of aliphatic hydroxyl groups is 1. The number of nitrogens with zero attached hydrogens (tertiary/aromatic N) is 5. The Hall–Kier alpha value is -3.63. The molecule has 0 unspecified atom stereocenters. The standard InChI is InChI=1S/C26H27N5O4S/c1-30-14-9-21(29-30)17-26(33)10-15-31(16-11-26)25(32)20-7-5-19(6-8-20)18-36(34,35)23-4-2-3-22-24(23)28-13-12-27-22/h2-9,12-14,33H,10-11,15-18H2,1H3. The third kappa shape index (κ3) is 5.00. The number of hydrogen-bond acceptors (Lipinski definition) is 7. The zero-order valence-electron chi connectivity index (χ0n) is 19.9.